The summed E-state index contributed by atoms with van der Waals surface area (Å²) in [6, 6.07) is 8.89. The van der Waals surface area contributed by atoms with Gasteiger partial charge < -0.3 is 0 Å². The van der Waals surface area contributed by atoms with Crippen molar-refractivity contribution in [3.05, 3.63) is 41.0 Å². The number of rotatable bonds is 1. The second-order valence-electron chi connectivity index (χ2n) is 2.66. The molecule has 64 valence electrons. The molecule has 2 rings (SSSR count). The number of halogens is 1. The molecule has 0 bridgehead atoms. The van der Waals surface area contributed by atoms with Gasteiger partial charge in [0.15, 0.2) is 6.29 Å². The van der Waals surface area contributed by atoms with Crippen LogP contribution in [0.5, 0.6) is 0 Å². The normalized spacial score (nSPS) is 10.2. The molecule has 0 aliphatic heterocycles. The first-order chi connectivity index (χ1) is 6.31. The maximum Gasteiger partial charge on any atom is 0.168 e. The van der Waals surface area contributed by atoms with Crippen LogP contribution >= 0.6 is 11.6 Å². The zero-order chi connectivity index (χ0) is 9.26. The molecule has 2 aromatic rings. The molecule has 2 nitrogen and oxygen atoms in total. The Morgan fingerprint density at radius 3 is 2.85 bits per heavy atom. The number of aromatic nitrogens is 1. The summed E-state index contributed by atoms with van der Waals surface area (Å²) in [5, 5.41) is 1.53. The van der Waals surface area contributed by atoms with Crippen LogP contribution in [-0.4, -0.2) is 11.3 Å². The molecule has 0 saturated heterocycles. The summed E-state index contributed by atoms with van der Waals surface area (Å²) in [6.07, 6.45) is 0.723. The van der Waals surface area contributed by atoms with E-state index in [9.17, 15) is 4.79 Å². The molecule has 1 heterocycles. The van der Waals surface area contributed by atoms with Crippen LogP contribution in [0.2, 0.25) is 5.02 Å². The molecule has 0 aliphatic carbocycles. The molecule has 0 aliphatic rings. The van der Waals surface area contributed by atoms with Gasteiger partial charge in [-0.15, -0.1) is 0 Å². The van der Waals surface area contributed by atoms with Gasteiger partial charge in [0, 0.05) is 10.4 Å². The molecule has 0 N–H and O–H groups in total. The molecule has 13 heavy (non-hydrogen) atoms. The fraction of sp³-hybridized carbons (Fsp3) is 0. The fourth-order valence-electron chi connectivity index (χ4n) is 1.20. The van der Waals surface area contributed by atoms with E-state index in [2.05, 4.69) is 4.98 Å². The number of hydrogen-bond acceptors (Lipinski definition) is 2. The van der Waals surface area contributed by atoms with E-state index in [1.807, 2.05) is 12.1 Å². The van der Waals surface area contributed by atoms with Crippen LogP contribution in [0.15, 0.2) is 30.3 Å². The van der Waals surface area contributed by atoms with Crippen LogP contribution in [0.1, 0.15) is 10.5 Å². The van der Waals surface area contributed by atoms with Crippen LogP contribution in [0.25, 0.3) is 10.9 Å². The Hall–Kier alpha value is -1.41. The minimum atomic E-state index is 0.426. The third kappa shape index (κ3) is 1.40. The van der Waals surface area contributed by atoms with Crippen molar-refractivity contribution in [1.29, 1.82) is 0 Å². The molecule has 3 heteroatoms. The standard InChI is InChI=1S/C10H6ClNO/c11-9-2-1-3-10-8(9)5-4-7(6-13)12-10/h1-6H. The van der Waals surface area contributed by atoms with Gasteiger partial charge in [0.2, 0.25) is 0 Å². The van der Waals surface area contributed by atoms with E-state index in [1.54, 1.807) is 18.2 Å². The summed E-state index contributed by atoms with van der Waals surface area (Å²) in [5.74, 6) is 0. The van der Waals surface area contributed by atoms with Crippen molar-refractivity contribution in [3.8, 4) is 0 Å². The molecule has 0 atom stereocenters. The number of aldehydes is 1. The van der Waals surface area contributed by atoms with E-state index in [4.69, 9.17) is 11.6 Å². The third-order valence-corrected chi connectivity index (χ3v) is 2.15. The number of fused-ring (bicyclic) bond motifs is 1. The lowest BCUT2D eigenvalue weighted by molar-refractivity contribution is 0.111. The van der Waals surface area contributed by atoms with Gasteiger partial charge in [-0.2, -0.15) is 0 Å². The molecule has 1 aromatic carbocycles. The van der Waals surface area contributed by atoms with Crippen molar-refractivity contribution in [2.75, 3.05) is 0 Å². The SMILES string of the molecule is O=Cc1ccc2c(Cl)cccc2n1. The average Bonchev–Trinajstić information content (AvgIpc) is 2.18. The summed E-state index contributed by atoms with van der Waals surface area (Å²) in [4.78, 5) is 14.5. The lowest BCUT2D eigenvalue weighted by Gasteiger charge is -1.98. The van der Waals surface area contributed by atoms with E-state index >= 15 is 0 Å². The third-order valence-electron chi connectivity index (χ3n) is 1.82. The maximum absolute atomic E-state index is 10.4. The van der Waals surface area contributed by atoms with Gasteiger partial charge in [0.25, 0.3) is 0 Å². The summed E-state index contributed by atoms with van der Waals surface area (Å²) >= 11 is 5.92. The number of carbonyl (C=O) groups is 1. The van der Waals surface area contributed by atoms with Gasteiger partial charge in [-0.3, -0.25) is 4.79 Å². The Balaban J connectivity index is 2.79. The average molecular weight is 192 g/mol. The highest BCUT2D eigenvalue weighted by atomic mass is 35.5. The predicted octanol–water partition coefficient (Wildman–Crippen LogP) is 2.70. The van der Waals surface area contributed by atoms with Crippen molar-refractivity contribution >= 4 is 28.8 Å². The number of carbonyl (C=O) groups excluding carboxylic acids is 1. The zero-order valence-electron chi connectivity index (χ0n) is 6.70. The van der Waals surface area contributed by atoms with Gasteiger partial charge >= 0.3 is 0 Å². The molecular formula is C10H6ClNO. The summed E-state index contributed by atoms with van der Waals surface area (Å²) in [7, 11) is 0. The summed E-state index contributed by atoms with van der Waals surface area (Å²) < 4.78 is 0. The van der Waals surface area contributed by atoms with Crippen LogP contribution in [0.3, 0.4) is 0 Å². The Morgan fingerprint density at radius 1 is 1.23 bits per heavy atom. The van der Waals surface area contributed by atoms with Crippen molar-refractivity contribution in [2.24, 2.45) is 0 Å². The first-order valence-electron chi connectivity index (χ1n) is 3.82. The first-order valence-corrected chi connectivity index (χ1v) is 4.19. The van der Waals surface area contributed by atoms with E-state index in [1.165, 1.54) is 0 Å². The Morgan fingerprint density at radius 2 is 2.08 bits per heavy atom. The lowest BCUT2D eigenvalue weighted by atomic mass is 10.2. The topological polar surface area (TPSA) is 30.0 Å². The highest BCUT2D eigenvalue weighted by Crippen LogP contribution is 2.21. The molecule has 0 amide bonds. The molecule has 0 saturated carbocycles. The lowest BCUT2D eigenvalue weighted by Crippen LogP contribution is -1.86. The van der Waals surface area contributed by atoms with Crippen LogP contribution in [-0.2, 0) is 0 Å². The number of hydrogen-bond donors (Lipinski definition) is 0. The molecule has 1 aromatic heterocycles. The summed E-state index contributed by atoms with van der Waals surface area (Å²) in [6.45, 7) is 0. The minimum absolute atomic E-state index is 0.426. The Bertz CT molecular complexity index is 467. The van der Waals surface area contributed by atoms with E-state index in [-0.39, 0.29) is 0 Å². The fourth-order valence-corrected chi connectivity index (χ4v) is 1.43. The largest absolute Gasteiger partial charge is 0.296 e. The number of nitrogens with zero attached hydrogens (tertiary/aromatic N) is 1. The van der Waals surface area contributed by atoms with E-state index in [0.29, 0.717) is 10.7 Å². The highest BCUT2D eigenvalue weighted by molar-refractivity contribution is 6.35. The molecule has 0 unspecified atom stereocenters. The minimum Gasteiger partial charge on any atom is -0.296 e. The van der Waals surface area contributed by atoms with Crippen molar-refractivity contribution < 1.29 is 4.79 Å². The first kappa shape index (κ1) is 8.20. The van der Waals surface area contributed by atoms with Gasteiger partial charge in [-0.1, -0.05) is 17.7 Å². The zero-order valence-corrected chi connectivity index (χ0v) is 7.45. The number of benzene rings is 1. The molecular weight excluding hydrogens is 186 g/mol. The van der Waals surface area contributed by atoms with Gasteiger partial charge in [-0.25, -0.2) is 4.98 Å². The molecule has 0 spiro atoms. The van der Waals surface area contributed by atoms with Gasteiger partial charge in [0.1, 0.15) is 5.69 Å². The number of pyridine rings is 1. The predicted molar refractivity (Wildman–Crippen MR) is 52.1 cm³/mol. The van der Waals surface area contributed by atoms with Crippen molar-refractivity contribution in [3.63, 3.8) is 0 Å². The Labute approximate surface area is 80.2 Å². The second kappa shape index (κ2) is 3.15. The highest BCUT2D eigenvalue weighted by Gasteiger charge is 1.99. The van der Waals surface area contributed by atoms with Crippen molar-refractivity contribution in [1.82, 2.24) is 4.98 Å². The monoisotopic (exact) mass is 191 g/mol. The van der Waals surface area contributed by atoms with Crippen LogP contribution < -0.4 is 0 Å². The quantitative estimate of drug-likeness (QED) is 0.649. The maximum atomic E-state index is 10.4. The van der Waals surface area contributed by atoms with Crippen molar-refractivity contribution in [2.45, 2.75) is 0 Å². The van der Waals surface area contributed by atoms with Crippen LogP contribution in [0.4, 0.5) is 0 Å². The van der Waals surface area contributed by atoms with E-state index in [0.717, 1.165) is 17.2 Å². The molecule has 0 radical (unpaired) electrons. The van der Waals surface area contributed by atoms with Gasteiger partial charge in [-0.05, 0) is 24.3 Å². The molecule has 0 fully saturated rings. The van der Waals surface area contributed by atoms with E-state index < -0.39 is 0 Å². The van der Waals surface area contributed by atoms with Gasteiger partial charge in [0.05, 0.1) is 5.52 Å². The summed E-state index contributed by atoms with van der Waals surface area (Å²) in [5.41, 5.74) is 1.17. The Kier molecular flexibility index (Phi) is 1.99. The van der Waals surface area contributed by atoms with Crippen LogP contribution in [0, 0.1) is 0 Å². The smallest absolute Gasteiger partial charge is 0.168 e. The second-order valence-corrected chi connectivity index (χ2v) is 3.07.